The number of ether oxygens (including phenoxy) is 2. The quantitative estimate of drug-likeness (QED) is 0.813. The fraction of sp³-hybridized carbons (Fsp3) is 0.667. The van der Waals surface area contributed by atoms with Gasteiger partial charge in [-0.3, -0.25) is 4.90 Å². The van der Waals surface area contributed by atoms with E-state index < -0.39 is 5.60 Å². The van der Waals surface area contributed by atoms with Gasteiger partial charge in [-0.2, -0.15) is 0 Å². The molecule has 5 nitrogen and oxygen atoms in total. The van der Waals surface area contributed by atoms with Crippen LogP contribution < -0.4 is 9.47 Å². The van der Waals surface area contributed by atoms with Crippen LogP contribution in [0.1, 0.15) is 25.3 Å². The van der Waals surface area contributed by atoms with E-state index in [1.807, 2.05) is 38.1 Å². The Morgan fingerprint density at radius 3 is 2.46 bits per heavy atom. The van der Waals surface area contributed by atoms with Crippen molar-refractivity contribution in [2.45, 2.75) is 31.9 Å². The van der Waals surface area contributed by atoms with Crippen LogP contribution in [0.5, 0.6) is 11.5 Å². The Balaban J connectivity index is 2.03. The number of aliphatic hydroxyl groups is 1. The molecular formula is C18H29ClN2O3. The summed E-state index contributed by atoms with van der Waals surface area (Å²) in [6, 6.07) is 3.78. The Kier molecular flexibility index (Phi) is 6.75. The van der Waals surface area contributed by atoms with E-state index >= 15 is 0 Å². The molecule has 1 aliphatic heterocycles. The molecule has 0 spiro atoms. The largest absolute Gasteiger partial charge is 0.493 e. The zero-order chi connectivity index (χ0) is 17.7. The second kappa shape index (κ2) is 8.39. The van der Waals surface area contributed by atoms with Gasteiger partial charge >= 0.3 is 0 Å². The summed E-state index contributed by atoms with van der Waals surface area (Å²) in [5.41, 5.74) is 0.444. The Hall–Kier alpha value is -1.01. The number of likely N-dealkylation sites (tertiary alicyclic amines) is 1. The van der Waals surface area contributed by atoms with Gasteiger partial charge in [-0.15, -0.1) is 0 Å². The minimum absolute atomic E-state index is 0.582. The van der Waals surface area contributed by atoms with E-state index in [2.05, 4.69) is 4.90 Å². The molecule has 6 heteroatoms. The Morgan fingerprint density at radius 2 is 1.92 bits per heavy atom. The molecule has 0 aliphatic carbocycles. The van der Waals surface area contributed by atoms with Crippen molar-refractivity contribution in [1.82, 2.24) is 9.80 Å². The van der Waals surface area contributed by atoms with E-state index in [0.717, 1.165) is 43.8 Å². The minimum atomic E-state index is -0.583. The lowest BCUT2D eigenvalue weighted by atomic mass is 9.91. The van der Waals surface area contributed by atoms with Gasteiger partial charge in [-0.1, -0.05) is 11.6 Å². The Labute approximate surface area is 150 Å². The van der Waals surface area contributed by atoms with Crippen molar-refractivity contribution in [3.63, 3.8) is 0 Å². The lowest BCUT2D eigenvalue weighted by Crippen LogP contribution is -2.49. The van der Waals surface area contributed by atoms with E-state index in [4.69, 9.17) is 21.1 Å². The average Bonchev–Trinajstić information content (AvgIpc) is 2.52. The van der Waals surface area contributed by atoms with Crippen LogP contribution in [0.15, 0.2) is 12.1 Å². The highest BCUT2D eigenvalue weighted by molar-refractivity contribution is 6.31. The van der Waals surface area contributed by atoms with Crippen molar-refractivity contribution in [2.24, 2.45) is 0 Å². The molecule has 0 saturated carbocycles. The summed E-state index contributed by atoms with van der Waals surface area (Å²) in [4.78, 5) is 4.37. The summed E-state index contributed by atoms with van der Waals surface area (Å²) in [7, 11) is 5.61. The summed E-state index contributed by atoms with van der Waals surface area (Å²) in [5.74, 6) is 1.38. The second-order valence-corrected chi connectivity index (χ2v) is 7.17. The summed E-state index contributed by atoms with van der Waals surface area (Å²) in [5, 5.41) is 11.3. The molecule has 1 aromatic rings. The molecule has 1 aromatic carbocycles. The predicted molar refractivity (Wildman–Crippen MR) is 97.2 cm³/mol. The number of piperidine rings is 1. The first-order valence-corrected chi connectivity index (χ1v) is 8.83. The topological polar surface area (TPSA) is 45.2 Å². The predicted octanol–water partition coefficient (Wildman–Crippen LogP) is 2.64. The molecule has 0 bridgehead atoms. The van der Waals surface area contributed by atoms with Crippen molar-refractivity contribution >= 4 is 11.6 Å². The number of methoxy groups -OCH3 is 1. The first-order chi connectivity index (χ1) is 11.4. The van der Waals surface area contributed by atoms with Crippen LogP contribution in [0, 0.1) is 0 Å². The van der Waals surface area contributed by atoms with E-state index in [9.17, 15) is 5.11 Å². The van der Waals surface area contributed by atoms with E-state index in [1.165, 1.54) is 0 Å². The monoisotopic (exact) mass is 356 g/mol. The van der Waals surface area contributed by atoms with E-state index in [0.29, 0.717) is 23.9 Å². The van der Waals surface area contributed by atoms with Gasteiger partial charge in [0.25, 0.3) is 0 Å². The first kappa shape index (κ1) is 19.3. The zero-order valence-electron chi connectivity index (χ0n) is 15.1. The lowest BCUT2D eigenvalue weighted by molar-refractivity contribution is -0.0388. The molecule has 0 radical (unpaired) electrons. The third-order valence-electron chi connectivity index (χ3n) is 4.42. The van der Waals surface area contributed by atoms with Gasteiger partial charge in [0.05, 0.1) is 19.3 Å². The fourth-order valence-electron chi connectivity index (χ4n) is 3.24. The first-order valence-electron chi connectivity index (χ1n) is 8.45. The van der Waals surface area contributed by atoms with Gasteiger partial charge in [0.1, 0.15) is 0 Å². The number of hydrogen-bond donors (Lipinski definition) is 1. The molecular weight excluding hydrogens is 328 g/mol. The fourth-order valence-corrected chi connectivity index (χ4v) is 3.45. The highest BCUT2D eigenvalue weighted by Gasteiger charge is 2.32. The van der Waals surface area contributed by atoms with E-state index in [-0.39, 0.29) is 0 Å². The van der Waals surface area contributed by atoms with Crippen molar-refractivity contribution in [2.75, 3.05) is 47.4 Å². The van der Waals surface area contributed by atoms with E-state index in [1.54, 1.807) is 7.11 Å². The molecule has 1 saturated heterocycles. The molecule has 2 rings (SSSR count). The van der Waals surface area contributed by atoms with Crippen LogP contribution in [0.4, 0.5) is 0 Å². The van der Waals surface area contributed by atoms with Crippen LogP contribution in [0.3, 0.4) is 0 Å². The third kappa shape index (κ3) is 4.99. The van der Waals surface area contributed by atoms with Gasteiger partial charge in [0, 0.05) is 37.3 Å². The van der Waals surface area contributed by atoms with Gasteiger partial charge in [0.2, 0.25) is 0 Å². The van der Waals surface area contributed by atoms with Crippen molar-refractivity contribution in [3.05, 3.63) is 22.7 Å². The molecule has 0 amide bonds. The molecule has 1 aliphatic rings. The number of benzene rings is 1. The van der Waals surface area contributed by atoms with Crippen LogP contribution in [-0.2, 0) is 6.54 Å². The highest BCUT2D eigenvalue weighted by atomic mass is 35.5. The van der Waals surface area contributed by atoms with Gasteiger partial charge in [-0.25, -0.2) is 0 Å². The maximum atomic E-state index is 10.6. The van der Waals surface area contributed by atoms with Gasteiger partial charge < -0.3 is 19.5 Å². The van der Waals surface area contributed by atoms with Crippen LogP contribution in [0.2, 0.25) is 5.02 Å². The molecule has 0 unspecified atom stereocenters. The van der Waals surface area contributed by atoms with Crippen molar-refractivity contribution in [3.8, 4) is 11.5 Å². The molecule has 24 heavy (non-hydrogen) atoms. The van der Waals surface area contributed by atoms with Crippen molar-refractivity contribution in [1.29, 1.82) is 0 Å². The SMILES string of the molecule is CCOc1cc(CN2CCC(O)(CN(C)C)CC2)c(Cl)cc1OC. The molecule has 1 N–H and O–H groups in total. The number of hydrogen-bond acceptors (Lipinski definition) is 5. The standard InChI is InChI=1S/C18H29ClN2O3/c1-5-24-17-10-14(15(19)11-16(17)23-4)12-21-8-6-18(22,7-9-21)13-20(2)3/h10-11,22H,5-9,12-13H2,1-4H3. The second-order valence-electron chi connectivity index (χ2n) is 6.77. The van der Waals surface area contributed by atoms with Crippen LogP contribution in [0.25, 0.3) is 0 Å². The van der Waals surface area contributed by atoms with Gasteiger partial charge in [-0.05, 0) is 45.5 Å². The highest BCUT2D eigenvalue weighted by Crippen LogP contribution is 2.34. The number of halogens is 1. The normalized spacial score (nSPS) is 18.0. The molecule has 0 aromatic heterocycles. The smallest absolute Gasteiger partial charge is 0.162 e. The summed E-state index contributed by atoms with van der Waals surface area (Å²) < 4.78 is 11.0. The maximum Gasteiger partial charge on any atom is 0.162 e. The Bertz CT molecular complexity index is 543. The van der Waals surface area contributed by atoms with Crippen molar-refractivity contribution < 1.29 is 14.6 Å². The summed E-state index contributed by atoms with van der Waals surface area (Å²) in [6.07, 6.45) is 1.55. The Morgan fingerprint density at radius 1 is 1.25 bits per heavy atom. The molecule has 1 heterocycles. The molecule has 136 valence electrons. The maximum absolute atomic E-state index is 10.6. The lowest BCUT2D eigenvalue weighted by Gasteiger charge is -2.39. The third-order valence-corrected chi connectivity index (χ3v) is 4.78. The van der Waals surface area contributed by atoms with Gasteiger partial charge in [0.15, 0.2) is 11.5 Å². The minimum Gasteiger partial charge on any atom is -0.493 e. The summed E-state index contributed by atoms with van der Waals surface area (Å²) in [6.45, 7) is 5.70. The summed E-state index contributed by atoms with van der Waals surface area (Å²) >= 11 is 6.41. The molecule has 0 atom stereocenters. The zero-order valence-corrected chi connectivity index (χ0v) is 15.9. The number of likely N-dealkylation sites (N-methyl/N-ethyl adjacent to an activating group) is 1. The van der Waals surface area contributed by atoms with Crippen LogP contribution >= 0.6 is 11.6 Å². The van der Waals surface area contributed by atoms with Crippen LogP contribution in [-0.4, -0.2) is 68.0 Å². The average molecular weight is 357 g/mol. The molecule has 1 fully saturated rings. The number of nitrogens with zero attached hydrogens (tertiary/aromatic N) is 2. The number of rotatable bonds is 7.